The van der Waals surface area contributed by atoms with Crippen LogP contribution >= 0.6 is 0 Å². The lowest BCUT2D eigenvalue weighted by Gasteiger charge is -2.12. The summed E-state index contributed by atoms with van der Waals surface area (Å²) in [5, 5.41) is 4.27. The molecule has 0 aliphatic carbocycles. The van der Waals surface area contributed by atoms with Crippen LogP contribution in [-0.2, 0) is 0 Å². The maximum atomic E-state index is 13.5. The van der Waals surface area contributed by atoms with E-state index in [1.165, 1.54) is 12.1 Å². The molecule has 0 radical (unpaired) electrons. The summed E-state index contributed by atoms with van der Waals surface area (Å²) in [6.07, 6.45) is 5.45. The van der Waals surface area contributed by atoms with Crippen LogP contribution in [0.3, 0.4) is 0 Å². The zero-order chi connectivity index (χ0) is 17.6. The molecule has 2 aromatic carbocycles. The Hall–Kier alpha value is -3.27. The molecule has 25 heavy (non-hydrogen) atoms. The summed E-state index contributed by atoms with van der Waals surface area (Å²) in [6, 6.07) is 16.2. The molecular weight excluding hydrogens is 313 g/mol. The molecule has 0 amide bonds. The van der Waals surface area contributed by atoms with Gasteiger partial charge in [0.05, 0.1) is 16.9 Å². The minimum absolute atomic E-state index is 0.280. The van der Waals surface area contributed by atoms with Gasteiger partial charge in [0, 0.05) is 17.3 Å². The van der Waals surface area contributed by atoms with Crippen molar-refractivity contribution in [2.75, 3.05) is 5.32 Å². The molecule has 0 aliphatic rings. The SMILES string of the molecule is C=N/C=C\C(=C/C)c1cc(Nc2cccc(F)c2)c2ccccc2n1. The van der Waals surface area contributed by atoms with Crippen LogP contribution in [0.15, 0.2) is 77.9 Å². The third-order valence-electron chi connectivity index (χ3n) is 3.79. The molecule has 0 atom stereocenters. The fraction of sp³-hybridized carbons (Fsp3) is 0.0476. The number of nitrogens with zero attached hydrogens (tertiary/aromatic N) is 2. The van der Waals surface area contributed by atoms with E-state index in [4.69, 9.17) is 4.98 Å². The highest BCUT2D eigenvalue weighted by Gasteiger charge is 2.08. The first-order valence-electron chi connectivity index (χ1n) is 7.92. The summed E-state index contributed by atoms with van der Waals surface area (Å²) in [7, 11) is 0. The molecule has 0 fully saturated rings. The second-order valence-electron chi connectivity index (χ2n) is 5.45. The Balaban J connectivity index is 2.12. The van der Waals surface area contributed by atoms with Gasteiger partial charge in [-0.2, -0.15) is 0 Å². The van der Waals surface area contributed by atoms with Crippen LogP contribution in [-0.4, -0.2) is 11.7 Å². The lowest BCUT2D eigenvalue weighted by molar-refractivity contribution is 0.628. The van der Waals surface area contributed by atoms with Crippen LogP contribution in [0.25, 0.3) is 16.5 Å². The van der Waals surface area contributed by atoms with Gasteiger partial charge in [0.1, 0.15) is 5.82 Å². The number of rotatable bonds is 5. The van der Waals surface area contributed by atoms with Gasteiger partial charge in [-0.3, -0.25) is 4.99 Å². The first-order chi connectivity index (χ1) is 12.2. The van der Waals surface area contributed by atoms with E-state index in [-0.39, 0.29) is 5.82 Å². The highest BCUT2D eigenvalue weighted by Crippen LogP contribution is 2.29. The Bertz CT molecular complexity index is 974. The van der Waals surface area contributed by atoms with Crippen LogP contribution in [0.2, 0.25) is 0 Å². The molecule has 3 aromatic rings. The zero-order valence-electron chi connectivity index (χ0n) is 13.9. The normalized spacial score (nSPS) is 11.8. The summed E-state index contributed by atoms with van der Waals surface area (Å²) in [6.45, 7) is 5.40. The molecule has 124 valence electrons. The fourth-order valence-corrected chi connectivity index (χ4v) is 2.61. The topological polar surface area (TPSA) is 37.3 Å². The Morgan fingerprint density at radius 2 is 2.00 bits per heavy atom. The second kappa shape index (κ2) is 7.53. The Morgan fingerprint density at radius 3 is 2.76 bits per heavy atom. The molecule has 0 spiro atoms. The monoisotopic (exact) mass is 331 g/mol. The number of halogens is 1. The van der Waals surface area contributed by atoms with Gasteiger partial charge in [0.25, 0.3) is 0 Å². The number of nitrogens with one attached hydrogen (secondary N) is 1. The maximum Gasteiger partial charge on any atom is 0.125 e. The smallest absolute Gasteiger partial charge is 0.125 e. The average molecular weight is 331 g/mol. The van der Waals surface area contributed by atoms with E-state index in [1.807, 2.05) is 55.5 Å². The van der Waals surface area contributed by atoms with Gasteiger partial charge in [-0.1, -0.05) is 30.3 Å². The zero-order valence-corrected chi connectivity index (χ0v) is 13.9. The molecule has 0 saturated heterocycles. The van der Waals surface area contributed by atoms with Gasteiger partial charge < -0.3 is 5.32 Å². The molecule has 1 heterocycles. The number of para-hydroxylation sites is 1. The number of aliphatic imine (C=N–C) groups is 1. The summed E-state index contributed by atoms with van der Waals surface area (Å²) in [5.74, 6) is -0.280. The van der Waals surface area contributed by atoms with Gasteiger partial charge in [0.2, 0.25) is 0 Å². The van der Waals surface area contributed by atoms with E-state index in [0.717, 1.165) is 27.9 Å². The molecular formula is C21H18FN3. The van der Waals surface area contributed by atoms with Gasteiger partial charge in [-0.25, -0.2) is 9.37 Å². The van der Waals surface area contributed by atoms with Crippen molar-refractivity contribution in [3.05, 3.63) is 84.5 Å². The van der Waals surface area contributed by atoms with Crippen molar-refractivity contribution in [3.8, 4) is 0 Å². The van der Waals surface area contributed by atoms with Crippen molar-refractivity contribution < 1.29 is 4.39 Å². The van der Waals surface area contributed by atoms with Gasteiger partial charge in [0.15, 0.2) is 0 Å². The number of aromatic nitrogens is 1. The molecule has 4 heteroatoms. The highest BCUT2D eigenvalue weighted by molar-refractivity contribution is 5.95. The molecule has 1 N–H and O–H groups in total. The van der Waals surface area contributed by atoms with E-state index in [1.54, 1.807) is 12.3 Å². The van der Waals surface area contributed by atoms with E-state index >= 15 is 0 Å². The number of allylic oxidation sites excluding steroid dienone is 3. The maximum absolute atomic E-state index is 13.5. The van der Waals surface area contributed by atoms with Crippen molar-refractivity contribution in [3.63, 3.8) is 0 Å². The lowest BCUT2D eigenvalue weighted by Crippen LogP contribution is -1.97. The first-order valence-corrected chi connectivity index (χ1v) is 7.92. The van der Waals surface area contributed by atoms with Gasteiger partial charge >= 0.3 is 0 Å². The van der Waals surface area contributed by atoms with E-state index in [2.05, 4.69) is 17.0 Å². The first kappa shape index (κ1) is 16.6. The van der Waals surface area contributed by atoms with Gasteiger partial charge in [-0.15, -0.1) is 0 Å². The van der Waals surface area contributed by atoms with Crippen LogP contribution < -0.4 is 5.32 Å². The van der Waals surface area contributed by atoms with Gasteiger partial charge in [-0.05, 0) is 55.6 Å². The minimum atomic E-state index is -0.280. The third-order valence-corrected chi connectivity index (χ3v) is 3.79. The molecule has 3 rings (SSSR count). The number of hydrogen-bond donors (Lipinski definition) is 1. The molecule has 0 saturated carbocycles. The minimum Gasteiger partial charge on any atom is -0.355 e. The standard InChI is InChI=1S/C21H18FN3/c1-3-15(11-12-23-2)20-14-21(18-9-4-5-10-19(18)25-20)24-17-8-6-7-16(22)13-17/h3-14H,2H2,1H3,(H,24,25)/b12-11-,15-3+. The largest absolute Gasteiger partial charge is 0.355 e. The number of anilines is 2. The lowest BCUT2D eigenvalue weighted by atomic mass is 10.1. The van der Waals surface area contributed by atoms with Crippen molar-refractivity contribution >= 4 is 34.6 Å². The fourth-order valence-electron chi connectivity index (χ4n) is 2.61. The predicted molar refractivity (Wildman–Crippen MR) is 104 cm³/mol. The number of hydrogen-bond acceptors (Lipinski definition) is 3. The van der Waals surface area contributed by atoms with E-state index < -0.39 is 0 Å². The summed E-state index contributed by atoms with van der Waals surface area (Å²) < 4.78 is 13.5. The Labute approximate surface area is 146 Å². The average Bonchev–Trinajstić information content (AvgIpc) is 2.62. The van der Waals surface area contributed by atoms with Crippen molar-refractivity contribution in [1.82, 2.24) is 4.98 Å². The predicted octanol–water partition coefficient (Wildman–Crippen LogP) is 5.74. The van der Waals surface area contributed by atoms with Crippen molar-refractivity contribution in [2.24, 2.45) is 4.99 Å². The molecule has 0 bridgehead atoms. The molecule has 0 unspecified atom stereocenters. The van der Waals surface area contributed by atoms with Crippen LogP contribution in [0.1, 0.15) is 12.6 Å². The molecule has 0 aliphatic heterocycles. The second-order valence-corrected chi connectivity index (χ2v) is 5.45. The summed E-state index contributed by atoms with van der Waals surface area (Å²) in [5.41, 5.74) is 4.15. The van der Waals surface area contributed by atoms with Crippen LogP contribution in [0, 0.1) is 5.82 Å². The number of fused-ring (bicyclic) bond motifs is 1. The van der Waals surface area contributed by atoms with E-state index in [0.29, 0.717) is 5.69 Å². The number of pyridine rings is 1. The van der Waals surface area contributed by atoms with E-state index in [9.17, 15) is 4.39 Å². The Morgan fingerprint density at radius 1 is 1.16 bits per heavy atom. The van der Waals surface area contributed by atoms with Crippen LogP contribution in [0.5, 0.6) is 0 Å². The molecule has 1 aromatic heterocycles. The Kier molecular flexibility index (Phi) is 5.00. The summed E-state index contributed by atoms with van der Waals surface area (Å²) in [4.78, 5) is 8.48. The molecule has 3 nitrogen and oxygen atoms in total. The number of benzene rings is 2. The highest BCUT2D eigenvalue weighted by atomic mass is 19.1. The van der Waals surface area contributed by atoms with Crippen LogP contribution in [0.4, 0.5) is 15.8 Å². The summed E-state index contributed by atoms with van der Waals surface area (Å²) >= 11 is 0. The quantitative estimate of drug-likeness (QED) is 0.478. The third kappa shape index (κ3) is 3.80. The van der Waals surface area contributed by atoms with Crippen molar-refractivity contribution in [1.29, 1.82) is 0 Å². The van der Waals surface area contributed by atoms with Crippen molar-refractivity contribution in [2.45, 2.75) is 6.92 Å².